The van der Waals surface area contributed by atoms with E-state index in [2.05, 4.69) is 12.2 Å². The van der Waals surface area contributed by atoms with Gasteiger partial charge in [0.25, 0.3) is 0 Å². The summed E-state index contributed by atoms with van der Waals surface area (Å²) in [5, 5.41) is 3.52. The lowest BCUT2D eigenvalue weighted by molar-refractivity contribution is -0.0989. The summed E-state index contributed by atoms with van der Waals surface area (Å²) in [5.41, 5.74) is 0.448. The molecule has 2 fully saturated rings. The van der Waals surface area contributed by atoms with Gasteiger partial charge in [-0.2, -0.15) is 0 Å². The Labute approximate surface area is 74.7 Å². The molecule has 1 heterocycles. The van der Waals surface area contributed by atoms with Gasteiger partial charge in [0.1, 0.15) is 0 Å². The molecule has 1 saturated carbocycles. The number of hydrogen-bond donors (Lipinski definition) is 1. The van der Waals surface area contributed by atoms with E-state index in [-0.39, 0.29) is 0 Å². The molecule has 0 aromatic heterocycles. The van der Waals surface area contributed by atoms with Crippen molar-refractivity contribution in [1.29, 1.82) is 0 Å². The average molecular weight is 169 g/mol. The molecular formula is C10H19NO. The molecule has 12 heavy (non-hydrogen) atoms. The number of nitrogens with one attached hydrogen (secondary N) is 1. The number of rotatable bonds is 5. The minimum absolute atomic E-state index is 0.448. The molecule has 2 heteroatoms. The molecule has 70 valence electrons. The Morgan fingerprint density at radius 2 is 2.17 bits per heavy atom. The van der Waals surface area contributed by atoms with Crippen molar-refractivity contribution in [2.75, 3.05) is 26.3 Å². The van der Waals surface area contributed by atoms with Gasteiger partial charge in [0.05, 0.1) is 13.2 Å². The van der Waals surface area contributed by atoms with E-state index in [0.29, 0.717) is 5.41 Å². The Bertz CT molecular complexity index is 150. The molecule has 2 rings (SSSR count). The van der Waals surface area contributed by atoms with Crippen molar-refractivity contribution in [2.45, 2.75) is 26.2 Å². The van der Waals surface area contributed by atoms with E-state index in [9.17, 15) is 0 Å². The molecule has 0 aromatic carbocycles. The number of hydrogen-bond acceptors (Lipinski definition) is 2. The van der Waals surface area contributed by atoms with Crippen LogP contribution in [0.2, 0.25) is 0 Å². The molecule has 2 nitrogen and oxygen atoms in total. The normalized spacial score (nSPS) is 26.8. The van der Waals surface area contributed by atoms with Crippen LogP contribution < -0.4 is 5.32 Å². The van der Waals surface area contributed by atoms with Crippen molar-refractivity contribution in [1.82, 2.24) is 5.32 Å². The van der Waals surface area contributed by atoms with E-state index in [4.69, 9.17) is 4.74 Å². The molecule has 2 aliphatic rings. The summed E-state index contributed by atoms with van der Waals surface area (Å²) in [7, 11) is 0. The van der Waals surface area contributed by atoms with Crippen molar-refractivity contribution >= 4 is 0 Å². The lowest BCUT2D eigenvalue weighted by Gasteiger charge is -2.38. The molecule has 0 aromatic rings. The molecule has 0 unspecified atom stereocenters. The standard InChI is InChI=1S/C10H19NO/c1-10(7-12-8-10)6-11-5-4-9-2-3-9/h9,11H,2-8H2,1H3. The molecular weight excluding hydrogens is 150 g/mol. The van der Waals surface area contributed by atoms with Crippen molar-refractivity contribution in [2.24, 2.45) is 11.3 Å². The van der Waals surface area contributed by atoms with Crippen LogP contribution in [-0.2, 0) is 4.74 Å². The van der Waals surface area contributed by atoms with Crippen LogP contribution in [0.4, 0.5) is 0 Å². The first-order chi connectivity index (χ1) is 5.79. The molecule has 1 N–H and O–H groups in total. The van der Waals surface area contributed by atoms with Gasteiger partial charge < -0.3 is 10.1 Å². The van der Waals surface area contributed by atoms with Gasteiger partial charge in [0.15, 0.2) is 0 Å². The third-order valence-electron chi connectivity index (χ3n) is 2.88. The zero-order valence-electron chi connectivity index (χ0n) is 7.94. The molecule has 0 spiro atoms. The van der Waals surface area contributed by atoms with Gasteiger partial charge in [0, 0.05) is 12.0 Å². The van der Waals surface area contributed by atoms with E-state index in [1.165, 1.54) is 25.8 Å². The largest absolute Gasteiger partial charge is 0.380 e. The van der Waals surface area contributed by atoms with E-state index in [0.717, 1.165) is 25.7 Å². The lowest BCUT2D eigenvalue weighted by atomic mass is 9.89. The summed E-state index contributed by atoms with van der Waals surface area (Å²) in [6, 6.07) is 0. The van der Waals surface area contributed by atoms with Crippen LogP contribution in [0.15, 0.2) is 0 Å². The summed E-state index contributed by atoms with van der Waals surface area (Å²) >= 11 is 0. The topological polar surface area (TPSA) is 21.3 Å². The summed E-state index contributed by atoms with van der Waals surface area (Å²) in [6.07, 6.45) is 4.33. The third kappa shape index (κ3) is 2.20. The van der Waals surface area contributed by atoms with Crippen LogP contribution in [0.5, 0.6) is 0 Å². The zero-order chi connectivity index (χ0) is 8.44. The average Bonchev–Trinajstić information content (AvgIpc) is 2.78. The highest BCUT2D eigenvalue weighted by Gasteiger charge is 2.32. The molecule has 1 aliphatic carbocycles. The van der Waals surface area contributed by atoms with Crippen molar-refractivity contribution in [3.8, 4) is 0 Å². The Morgan fingerprint density at radius 1 is 1.42 bits per heavy atom. The summed E-state index contributed by atoms with van der Waals surface area (Å²) < 4.78 is 5.19. The maximum atomic E-state index is 5.19. The predicted molar refractivity (Wildman–Crippen MR) is 49.1 cm³/mol. The predicted octanol–water partition coefficient (Wildman–Crippen LogP) is 1.41. The first kappa shape index (κ1) is 8.52. The quantitative estimate of drug-likeness (QED) is 0.628. The van der Waals surface area contributed by atoms with Crippen LogP contribution >= 0.6 is 0 Å². The summed E-state index contributed by atoms with van der Waals surface area (Å²) in [5.74, 6) is 1.06. The maximum absolute atomic E-state index is 5.19. The molecule has 0 amide bonds. The van der Waals surface area contributed by atoms with Crippen LogP contribution in [0.25, 0.3) is 0 Å². The van der Waals surface area contributed by atoms with Crippen molar-refractivity contribution in [3.05, 3.63) is 0 Å². The fourth-order valence-electron chi connectivity index (χ4n) is 1.66. The van der Waals surface area contributed by atoms with Crippen molar-refractivity contribution in [3.63, 3.8) is 0 Å². The monoisotopic (exact) mass is 169 g/mol. The first-order valence-corrected chi connectivity index (χ1v) is 5.07. The highest BCUT2D eigenvalue weighted by molar-refractivity contribution is 4.83. The van der Waals surface area contributed by atoms with Crippen LogP contribution in [0, 0.1) is 11.3 Å². The summed E-state index contributed by atoms with van der Waals surface area (Å²) in [6.45, 7) is 6.54. The van der Waals surface area contributed by atoms with Crippen molar-refractivity contribution < 1.29 is 4.74 Å². The van der Waals surface area contributed by atoms with Gasteiger partial charge in [-0.05, 0) is 18.9 Å². The second-order valence-electron chi connectivity index (χ2n) is 4.71. The Kier molecular flexibility index (Phi) is 2.37. The molecule has 0 bridgehead atoms. The van der Waals surface area contributed by atoms with Crippen LogP contribution in [0.3, 0.4) is 0 Å². The molecule has 0 radical (unpaired) electrons. The second-order valence-corrected chi connectivity index (χ2v) is 4.71. The highest BCUT2D eigenvalue weighted by atomic mass is 16.5. The van der Waals surface area contributed by atoms with Gasteiger partial charge in [-0.25, -0.2) is 0 Å². The Hall–Kier alpha value is -0.0800. The van der Waals surface area contributed by atoms with Gasteiger partial charge in [-0.15, -0.1) is 0 Å². The Balaban J connectivity index is 1.49. The fraction of sp³-hybridized carbons (Fsp3) is 1.00. The van der Waals surface area contributed by atoms with Gasteiger partial charge in [-0.3, -0.25) is 0 Å². The molecule has 0 atom stereocenters. The van der Waals surface area contributed by atoms with Crippen LogP contribution in [-0.4, -0.2) is 26.3 Å². The van der Waals surface area contributed by atoms with Crippen LogP contribution in [0.1, 0.15) is 26.2 Å². The van der Waals surface area contributed by atoms with E-state index in [1.807, 2.05) is 0 Å². The SMILES string of the molecule is CC1(CNCCC2CC2)COC1. The number of ether oxygens (including phenoxy) is 1. The highest BCUT2D eigenvalue weighted by Crippen LogP contribution is 2.32. The molecule has 1 aliphatic heterocycles. The first-order valence-electron chi connectivity index (χ1n) is 5.07. The minimum atomic E-state index is 0.448. The summed E-state index contributed by atoms with van der Waals surface area (Å²) in [4.78, 5) is 0. The van der Waals surface area contributed by atoms with Gasteiger partial charge >= 0.3 is 0 Å². The second kappa shape index (κ2) is 3.35. The smallest absolute Gasteiger partial charge is 0.0554 e. The van der Waals surface area contributed by atoms with E-state index in [1.54, 1.807) is 0 Å². The third-order valence-corrected chi connectivity index (χ3v) is 2.88. The van der Waals surface area contributed by atoms with E-state index < -0.39 is 0 Å². The zero-order valence-corrected chi connectivity index (χ0v) is 7.94. The fourth-order valence-corrected chi connectivity index (χ4v) is 1.66. The minimum Gasteiger partial charge on any atom is -0.380 e. The van der Waals surface area contributed by atoms with Gasteiger partial charge in [0.2, 0.25) is 0 Å². The maximum Gasteiger partial charge on any atom is 0.0554 e. The lowest BCUT2D eigenvalue weighted by Crippen LogP contribution is -2.47. The van der Waals surface area contributed by atoms with E-state index >= 15 is 0 Å². The Morgan fingerprint density at radius 3 is 2.67 bits per heavy atom. The molecule has 1 saturated heterocycles. The van der Waals surface area contributed by atoms with Gasteiger partial charge in [-0.1, -0.05) is 19.8 Å².